The number of fused-ring (bicyclic) bond motifs is 1. The van der Waals surface area contributed by atoms with E-state index in [-0.39, 0.29) is 5.91 Å². The smallest absolute Gasteiger partial charge is 0.259 e. The second-order valence-corrected chi connectivity index (χ2v) is 4.65. The summed E-state index contributed by atoms with van der Waals surface area (Å²) in [4.78, 5) is 16.8. The molecule has 21 heavy (non-hydrogen) atoms. The fourth-order valence-corrected chi connectivity index (χ4v) is 2.19. The Morgan fingerprint density at radius 1 is 1.29 bits per heavy atom. The first-order valence-electron chi connectivity index (χ1n) is 6.44. The predicted molar refractivity (Wildman–Crippen MR) is 79.0 cm³/mol. The SMILES string of the molecule is Cc1cn2cccc(C(=O)Nc3ccccc3C#N)c2n1. The number of pyridine rings is 1. The molecule has 0 saturated heterocycles. The van der Waals surface area contributed by atoms with Crippen molar-refractivity contribution >= 4 is 17.2 Å². The number of carbonyl (C=O) groups is 1. The molecule has 1 N–H and O–H groups in total. The number of hydrogen-bond donors (Lipinski definition) is 1. The van der Waals surface area contributed by atoms with Crippen molar-refractivity contribution in [3.8, 4) is 6.07 Å². The Morgan fingerprint density at radius 2 is 2.10 bits per heavy atom. The van der Waals surface area contributed by atoms with E-state index >= 15 is 0 Å². The van der Waals surface area contributed by atoms with Gasteiger partial charge in [0, 0.05) is 12.4 Å². The fraction of sp³-hybridized carbons (Fsp3) is 0.0625. The van der Waals surface area contributed by atoms with Crippen LogP contribution in [0.15, 0.2) is 48.8 Å². The zero-order chi connectivity index (χ0) is 14.8. The van der Waals surface area contributed by atoms with Gasteiger partial charge in [-0.3, -0.25) is 4.79 Å². The summed E-state index contributed by atoms with van der Waals surface area (Å²) >= 11 is 0. The van der Waals surface area contributed by atoms with E-state index in [4.69, 9.17) is 5.26 Å². The summed E-state index contributed by atoms with van der Waals surface area (Å²) in [7, 11) is 0. The number of nitrogens with zero attached hydrogens (tertiary/aromatic N) is 3. The van der Waals surface area contributed by atoms with Crippen LogP contribution in [0.2, 0.25) is 0 Å². The largest absolute Gasteiger partial charge is 0.321 e. The lowest BCUT2D eigenvalue weighted by Crippen LogP contribution is -2.14. The van der Waals surface area contributed by atoms with Gasteiger partial charge in [-0.05, 0) is 31.2 Å². The van der Waals surface area contributed by atoms with Crippen LogP contribution in [-0.2, 0) is 0 Å². The zero-order valence-corrected chi connectivity index (χ0v) is 11.4. The van der Waals surface area contributed by atoms with Gasteiger partial charge in [-0.1, -0.05) is 12.1 Å². The number of benzene rings is 1. The van der Waals surface area contributed by atoms with Gasteiger partial charge in [0.05, 0.1) is 22.5 Å². The molecule has 0 aliphatic heterocycles. The molecule has 0 unspecified atom stereocenters. The molecule has 0 bridgehead atoms. The number of nitrogens with one attached hydrogen (secondary N) is 1. The summed E-state index contributed by atoms with van der Waals surface area (Å²) in [6.45, 7) is 1.87. The molecule has 5 nitrogen and oxygen atoms in total. The summed E-state index contributed by atoms with van der Waals surface area (Å²) in [6.07, 6.45) is 3.70. The molecule has 0 atom stereocenters. The molecule has 1 amide bonds. The Kier molecular flexibility index (Phi) is 3.13. The zero-order valence-electron chi connectivity index (χ0n) is 11.4. The number of amides is 1. The molecule has 3 rings (SSSR count). The van der Waals surface area contributed by atoms with E-state index in [0.29, 0.717) is 22.5 Å². The molecule has 2 heterocycles. The number of para-hydroxylation sites is 1. The summed E-state index contributed by atoms with van der Waals surface area (Å²) in [5.74, 6) is -0.283. The van der Waals surface area contributed by atoms with E-state index in [1.165, 1.54) is 0 Å². The van der Waals surface area contributed by atoms with Crippen molar-refractivity contribution in [2.24, 2.45) is 0 Å². The van der Waals surface area contributed by atoms with Gasteiger partial charge in [0.15, 0.2) is 0 Å². The Labute approximate surface area is 121 Å². The van der Waals surface area contributed by atoms with Crippen molar-refractivity contribution in [3.05, 3.63) is 65.6 Å². The minimum absolute atomic E-state index is 0.283. The summed E-state index contributed by atoms with van der Waals surface area (Å²) in [5, 5.41) is 11.8. The number of hydrogen-bond acceptors (Lipinski definition) is 3. The highest BCUT2D eigenvalue weighted by Gasteiger charge is 2.13. The van der Waals surface area contributed by atoms with E-state index in [0.717, 1.165) is 5.69 Å². The Hall–Kier alpha value is -3.13. The maximum absolute atomic E-state index is 12.4. The lowest BCUT2D eigenvalue weighted by Gasteiger charge is -2.07. The molecule has 3 aromatic rings. The quantitative estimate of drug-likeness (QED) is 0.782. The number of carbonyl (C=O) groups excluding carboxylic acids is 1. The van der Waals surface area contributed by atoms with Crippen molar-refractivity contribution < 1.29 is 4.79 Å². The summed E-state index contributed by atoms with van der Waals surface area (Å²) < 4.78 is 1.81. The molecule has 1 aromatic carbocycles. The molecule has 0 aliphatic carbocycles. The number of imidazole rings is 1. The Bertz CT molecular complexity index is 873. The van der Waals surface area contributed by atoms with Crippen LogP contribution in [0.1, 0.15) is 21.6 Å². The van der Waals surface area contributed by atoms with Gasteiger partial charge in [0.1, 0.15) is 11.7 Å². The van der Waals surface area contributed by atoms with Gasteiger partial charge in [0.25, 0.3) is 5.91 Å². The van der Waals surface area contributed by atoms with Gasteiger partial charge >= 0.3 is 0 Å². The van der Waals surface area contributed by atoms with Crippen LogP contribution in [0.4, 0.5) is 5.69 Å². The van der Waals surface area contributed by atoms with Gasteiger partial charge < -0.3 is 9.72 Å². The van der Waals surface area contributed by atoms with E-state index in [9.17, 15) is 4.79 Å². The second-order valence-electron chi connectivity index (χ2n) is 4.65. The van der Waals surface area contributed by atoms with Crippen molar-refractivity contribution in [1.82, 2.24) is 9.38 Å². The number of rotatable bonds is 2. The van der Waals surface area contributed by atoms with Crippen molar-refractivity contribution in [1.29, 1.82) is 5.26 Å². The van der Waals surface area contributed by atoms with Crippen LogP contribution in [0.3, 0.4) is 0 Å². The normalized spacial score (nSPS) is 10.3. The van der Waals surface area contributed by atoms with Crippen LogP contribution in [0, 0.1) is 18.3 Å². The fourth-order valence-electron chi connectivity index (χ4n) is 2.19. The number of nitriles is 1. The topological polar surface area (TPSA) is 70.2 Å². The number of aromatic nitrogens is 2. The van der Waals surface area contributed by atoms with E-state index in [1.54, 1.807) is 40.8 Å². The summed E-state index contributed by atoms with van der Waals surface area (Å²) in [5.41, 5.74) is 2.83. The maximum Gasteiger partial charge on any atom is 0.259 e. The highest BCUT2D eigenvalue weighted by atomic mass is 16.1. The first-order chi connectivity index (χ1) is 10.2. The van der Waals surface area contributed by atoms with Crippen molar-refractivity contribution in [2.75, 3.05) is 5.32 Å². The summed E-state index contributed by atoms with van der Waals surface area (Å²) in [6, 6.07) is 12.5. The molecule has 0 radical (unpaired) electrons. The van der Waals surface area contributed by atoms with E-state index in [2.05, 4.69) is 16.4 Å². The van der Waals surface area contributed by atoms with Gasteiger partial charge in [-0.2, -0.15) is 5.26 Å². The van der Waals surface area contributed by atoms with Gasteiger partial charge in [0.2, 0.25) is 0 Å². The maximum atomic E-state index is 12.4. The minimum atomic E-state index is -0.283. The van der Waals surface area contributed by atoms with Gasteiger partial charge in [-0.15, -0.1) is 0 Å². The third-order valence-corrected chi connectivity index (χ3v) is 3.14. The predicted octanol–water partition coefficient (Wildman–Crippen LogP) is 2.77. The van der Waals surface area contributed by atoms with E-state index in [1.807, 2.05) is 19.3 Å². The van der Waals surface area contributed by atoms with Crippen LogP contribution in [-0.4, -0.2) is 15.3 Å². The average Bonchev–Trinajstić information content (AvgIpc) is 2.87. The third-order valence-electron chi connectivity index (χ3n) is 3.14. The molecular formula is C16H12N4O. The molecule has 0 saturated carbocycles. The highest BCUT2D eigenvalue weighted by molar-refractivity contribution is 6.08. The molecule has 2 aromatic heterocycles. The number of aryl methyl sites for hydroxylation is 1. The van der Waals surface area contributed by atoms with Crippen LogP contribution < -0.4 is 5.32 Å². The minimum Gasteiger partial charge on any atom is -0.321 e. The standard InChI is InChI=1S/C16H12N4O/c1-11-10-20-8-4-6-13(15(20)18-11)16(21)19-14-7-3-2-5-12(14)9-17/h2-8,10H,1H3,(H,19,21). The lowest BCUT2D eigenvalue weighted by atomic mass is 10.2. The van der Waals surface area contributed by atoms with Crippen LogP contribution >= 0.6 is 0 Å². The number of anilines is 1. The van der Waals surface area contributed by atoms with E-state index < -0.39 is 0 Å². The highest BCUT2D eigenvalue weighted by Crippen LogP contribution is 2.17. The molecule has 102 valence electrons. The third kappa shape index (κ3) is 2.35. The van der Waals surface area contributed by atoms with Crippen LogP contribution in [0.5, 0.6) is 0 Å². The molecule has 0 spiro atoms. The molecule has 0 aliphatic rings. The first-order valence-corrected chi connectivity index (χ1v) is 6.44. The monoisotopic (exact) mass is 276 g/mol. The molecule has 5 heteroatoms. The average molecular weight is 276 g/mol. The molecule has 0 fully saturated rings. The molecular weight excluding hydrogens is 264 g/mol. The van der Waals surface area contributed by atoms with Gasteiger partial charge in [-0.25, -0.2) is 4.98 Å². The Morgan fingerprint density at radius 3 is 2.90 bits per heavy atom. The Balaban J connectivity index is 2.00. The second kappa shape index (κ2) is 5.10. The lowest BCUT2D eigenvalue weighted by molar-refractivity contribution is 0.102. The van der Waals surface area contributed by atoms with Crippen molar-refractivity contribution in [2.45, 2.75) is 6.92 Å². The first kappa shape index (κ1) is 12.9. The van der Waals surface area contributed by atoms with Crippen LogP contribution in [0.25, 0.3) is 5.65 Å². The van der Waals surface area contributed by atoms with Crippen molar-refractivity contribution in [3.63, 3.8) is 0 Å².